The van der Waals surface area contributed by atoms with Gasteiger partial charge in [0.15, 0.2) is 6.10 Å². The molecule has 0 bridgehead atoms. The zero-order valence-electron chi connectivity index (χ0n) is 18.7. The van der Waals surface area contributed by atoms with Gasteiger partial charge in [0.25, 0.3) is 5.91 Å². The largest absolute Gasteiger partial charge is 0.481 e. The number of nitrogens with one attached hydrogen (secondary N) is 1. The Hall–Kier alpha value is -2.37. The second-order valence-corrected chi connectivity index (χ2v) is 8.56. The summed E-state index contributed by atoms with van der Waals surface area (Å²) in [5, 5.41) is 3.23. The third-order valence-corrected chi connectivity index (χ3v) is 5.76. The van der Waals surface area contributed by atoms with E-state index in [0.29, 0.717) is 5.92 Å². The number of carbonyl (C=O) groups excluding carboxylic acids is 1. The molecule has 162 valence electrons. The van der Waals surface area contributed by atoms with Gasteiger partial charge in [-0.3, -0.25) is 9.69 Å². The normalized spacial score (nSPS) is 17.5. The molecule has 1 aliphatic rings. The van der Waals surface area contributed by atoms with E-state index in [1.54, 1.807) is 0 Å². The van der Waals surface area contributed by atoms with Crippen molar-refractivity contribution in [3.05, 3.63) is 65.7 Å². The van der Waals surface area contributed by atoms with E-state index in [0.717, 1.165) is 44.0 Å². The van der Waals surface area contributed by atoms with E-state index in [1.165, 1.54) is 5.56 Å². The monoisotopic (exact) mass is 409 g/mol. The van der Waals surface area contributed by atoms with Crippen molar-refractivity contribution in [2.24, 2.45) is 0 Å². The average molecular weight is 410 g/mol. The molecule has 2 aromatic carbocycles. The van der Waals surface area contributed by atoms with Crippen LogP contribution in [0.5, 0.6) is 5.75 Å². The minimum Gasteiger partial charge on any atom is -0.481 e. The Morgan fingerprint density at radius 1 is 0.967 bits per heavy atom. The third-order valence-electron chi connectivity index (χ3n) is 5.76. The number of piperazine rings is 1. The van der Waals surface area contributed by atoms with Crippen LogP contribution in [0, 0.1) is 0 Å². The quantitative estimate of drug-likeness (QED) is 0.722. The van der Waals surface area contributed by atoms with E-state index >= 15 is 0 Å². The van der Waals surface area contributed by atoms with E-state index in [1.807, 2.05) is 43.3 Å². The van der Waals surface area contributed by atoms with Crippen molar-refractivity contribution >= 4 is 5.91 Å². The van der Waals surface area contributed by atoms with Crippen molar-refractivity contribution in [3.63, 3.8) is 0 Å². The van der Waals surface area contributed by atoms with Gasteiger partial charge in [-0.1, -0.05) is 56.3 Å². The molecule has 1 aliphatic heterocycles. The van der Waals surface area contributed by atoms with Crippen LogP contribution in [0.1, 0.15) is 43.9 Å². The zero-order chi connectivity index (χ0) is 21.5. The summed E-state index contributed by atoms with van der Waals surface area (Å²) >= 11 is 0. The Kier molecular flexibility index (Phi) is 7.88. The van der Waals surface area contributed by atoms with Gasteiger partial charge in [0, 0.05) is 32.7 Å². The van der Waals surface area contributed by atoms with Crippen molar-refractivity contribution in [2.45, 2.75) is 38.8 Å². The first kappa shape index (κ1) is 22.3. The molecule has 2 unspecified atom stereocenters. The van der Waals surface area contributed by atoms with E-state index in [-0.39, 0.29) is 11.9 Å². The van der Waals surface area contributed by atoms with Crippen LogP contribution >= 0.6 is 0 Å². The summed E-state index contributed by atoms with van der Waals surface area (Å²) < 4.78 is 5.98. The van der Waals surface area contributed by atoms with Crippen LogP contribution in [0.25, 0.3) is 0 Å². The van der Waals surface area contributed by atoms with E-state index in [4.69, 9.17) is 4.74 Å². The fourth-order valence-electron chi connectivity index (χ4n) is 3.70. The van der Waals surface area contributed by atoms with Gasteiger partial charge in [0.1, 0.15) is 5.75 Å². The number of benzene rings is 2. The lowest BCUT2D eigenvalue weighted by Gasteiger charge is -2.35. The molecular formula is C25H35N3O2. The van der Waals surface area contributed by atoms with Gasteiger partial charge < -0.3 is 15.0 Å². The predicted octanol–water partition coefficient (Wildman–Crippen LogP) is 3.68. The molecule has 1 saturated heterocycles. The molecule has 0 radical (unpaired) electrons. The molecule has 2 atom stereocenters. The van der Waals surface area contributed by atoms with Crippen molar-refractivity contribution in [2.75, 3.05) is 39.8 Å². The number of rotatable bonds is 8. The first-order chi connectivity index (χ1) is 14.4. The van der Waals surface area contributed by atoms with Gasteiger partial charge in [0.05, 0.1) is 6.04 Å². The molecule has 1 amide bonds. The minimum absolute atomic E-state index is 0.0600. The zero-order valence-corrected chi connectivity index (χ0v) is 18.7. The topological polar surface area (TPSA) is 44.8 Å². The summed E-state index contributed by atoms with van der Waals surface area (Å²) in [7, 11) is 2.15. The lowest BCUT2D eigenvalue weighted by Crippen LogP contribution is -2.49. The first-order valence-corrected chi connectivity index (χ1v) is 10.9. The highest BCUT2D eigenvalue weighted by Gasteiger charge is 2.24. The fourth-order valence-corrected chi connectivity index (χ4v) is 3.70. The Balaban J connectivity index is 1.65. The van der Waals surface area contributed by atoms with Gasteiger partial charge in [-0.05, 0) is 43.1 Å². The maximum absolute atomic E-state index is 13.0. The van der Waals surface area contributed by atoms with Gasteiger partial charge >= 0.3 is 0 Å². The molecule has 0 saturated carbocycles. The van der Waals surface area contributed by atoms with E-state index < -0.39 is 6.10 Å². The summed E-state index contributed by atoms with van der Waals surface area (Å²) in [6.45, 7) is 11.1. The summed E-state index contributed by atoms with van der Waals surface area (Å²) in [4.78, 5) is 17.7. The van der Waals surface area contributed by atoms with Crippen molar-refractivity contribution in [3.8, 4) is 5.75 Å². The number of hydrogen-bond donors (Lipinski definition) is 1. The summed E-state index contributed by atoms with van der Waals surface area (Å²) in [5.41, 5.74) is 2.33. The number of nitrogens with zero attached hydrogens (tertiary/aromatic N) is 2. The Bertz CT molecular complexity index is 801. The lowest BCUT2D eigenvalue weighted by atomic mass is 10.0. The van der Waals surface area contributed by atoms with Crippen LogP contribution in [-0.2, 0) is 4.79 Å². The van der Waals surface area contributed by atoms with Gasteiger partial charge in [-0.2, -0.15) is 0 Å². The molecule has 1 fully saturated rings. The number of amides is 1. The first-order valence-electron chi connectivity index (χ1n) is 10.9. The van der Waals surface area contributed by atoms with Crippen LogP contribution in [0.3, 0.4) is 0 Å². The average Bonchev–Trinajstić information content (AvgIpc) is 2.75. The highest BCUT2D eigenvalue weighted by atomic mass is 16.5. The van der Waals surface area contributed by atoms with E-state index in [2.05, 4.69) is 54.2 Å². The van der Waals surface area contributed by atoms with Gasteiger partial charge in [0.2, 0.25) is 0 Å². The molecule has 0 spiro atoms. The number of hydrogen-bond acceptors (Lipinski definition) is 4. The van der Waals surface area contributed by atoms with Crippen molar-refractivity contribution in [1.29, 1.82) is 0 Å². The second-order valence-electron chi connectivity index (χ2n) is 8.56. The number of ether oxygens (including phenoxy) is 1. The Labute approximate surface area is 181 Å². The molecule has 2 aromatic rings. The molecule has 5 nitrogen and oxygen atoms in total. The standard InChI is InChI=1S/C25H35N3O2/c1-19(2)22-11-8-12-23(17-22)30-20(3)25(29)26-24(21-9-6-5-7-10-21)18-28-15-13-27(4)14-16-28/h5-12,17,19-20,24H,13-16,18H2,1-4H3,(H,26,29). The highest BCUT2D eigenvalue weighted by molar-refractivity contribution is 5.81. The van der Waals surface area contributed by atoms with Crippen LogP contribution in [0.2, 0.25) is 0 Å². The highest BCUT2D eigenvalue weighted by Crippen LogP contribution is 2.21. The van der Waals surface area contributed by atoms with Crippen molar-refractivity contribution < 1.29 is 9.53 Å². The molecule has 5 heteroatoms. The van der Waals surface area contributed by atoms with Gasteiger partial charge in [-0.15, -0.1) is 0 Å². The third kappa shape index (κ3) is 6.31. The smallest absolute Gasteiger partial charge is 0.261 e. The predicted molar refractivity (Wildman–Crippen MR) is 122 cm³/mol. The molecule has 3 rings (SSSR count). The van der Waals surface area contributed by atoms with Crippen LogP contribution in [-0.4, -0.2) is 61.6 Å². The van der Waals surface area contributed by atoms with E-state index in [9.17, 15) is 4.79 Å². The Morgan fingerprint density at radius 3 is 2.30 bits per heavy atom. The van der Waals surface area contributed by atoms with Gasteiger partial charge in [-0.25, -0.2) is 0 Å². The molecular weight excluding hydrogens is 374 g/mol. The number of carbonyl (C=O) groups is 1. The molecule has 30 heavy (non-hydrogen) atoms. The van der Waals surface area contributed by atoms with Crippen LogP contribution < -0.4 is 10.1 Å². The molecule has 0 aliphatic carbocycles. The van der Waals surface area contributed by atoms with Crippen molar-refractivity contribution in [1.82, 2.24) is 15.1 Å². The maximum atomic E-state index is 13.0. The molecule has 0 aromatic heterocycles. The fraction of sp³-hybridized carbons (Fsp3) is 0.480. The Morgan fingerprint density at radius 2 is 1.63 bits per heavy atom. The second kappa shape index (κ2) is 10.6. The van der Waals surface area contributed by atoms with Crippen LogP contribution in [0.4, 0.5) is 0 Å². The molecule has 1 heterocycles. The number of likely N-dealkylation sites (N-methyl/N-ethyl adjacent to an activating group) is 1. The minimum atomic E-state index is -0.564. The van der Waals surface area contributed by atoms with Crippen LogP contribution in [0.15, 0.2) is 54.6 Å². The summed E-state index contributed by atoms with van der Waals surface area (Å²) in [6, 6.07) is 18.2. The summed E-state index contributed by atoms with van der Waals surface area (Å²) in [6.07, 6.45) is -0.564. The summed E-state index contributed by atoms with van der Waals surface area (Å²) in [5.74, 6) is 1.07. The lowest BCUT2D eigenvalue weighted by molar-refractivity contribution is -0.128. The maximum Gasteiger partial charge on any atom is 0.261 e. The molecule has 1 N–H and O–H groups in total. The SMILES string of the molecule is CC(Oc1cccc(C(C)C)c1)C(=O)NC(CN1CCN(C)CC1)c1ccccc1.